The van der Waals surface area contributed by atoms with Crippen LogP contribution in [0, 0.1) is 5.92 Å². The van der Waals surface area contributed by atoms with Crippen molar-refractivity contribution in [1.82, 2.24) is 9.80 Å². The van der Waals surface area contributed by atoms with Gasteiger partial charge in [-0.1, -0.05) is 12.7 Å². The molecule has 2 aliphatic heterocycles. The van der Waals surface area contributed by atoms with Crippen LogP contribution in [-0.4, -0.2) is 54.6 Å². The van der Waals surface area contributed by atoms with Gasteiger partial charge in [0.1, 0.15) is 6.61 Å². The molecule has 2 rings (SSSR count). The van der Waals surface area contributed by atoms with Gasteiger partial charge in [-0.15, -0.1) is 0 Å². The zero-order valence-electron chi connectivity index (χ0n) is 11.3. The molecule has 2 aliphatic rings. The summed E-state index contributed by atoms with van der Waals surface area (Å²) in [7, 11) is 0. The van der Waals surface area contributed by atoms with Gasteiger partial charge in [0.2, 0.25) is 5.91 Å². The zero-order chi connectivity index (χ0) is 13.7. The number of piperidine rings is 1. The third kappa shape index (κ3) is 3.72. The number of amides is 2. The Balaban J connectivity index is 1.71. The van der Waals surface area contributed by atoms with Crippen LogP contribution in [0.25, 0.3) is 0 Å². The first-order valence-corrected chi connectivity index (χ1v) is 7.01. The maximum atomic E-state index is 11.7. The molecule has 0 N–H and O–H groups in total. The van der Waals surface area contributed by atoms with Crippen molar-refractivity contribution in [2.45, 2.75) is 25.7 Å². The number of carbonyl (C=O) groups excluding carboxylic acids is 2. The van der Waals surface area contributed by atoms with E-state index in [1.54, 1.807) is 11.0 Å². The summed E-state index contributed by atoms with van der Waals surface area (Å²) in [4.78, 5) is 26.9. The van der Waals surface area contributed by atoms with Crippen LogP contribution in [0.3, 0.4) is 0 Å². The highest BCUT2D eigenvalue weighted by molar-refractivity contribution is 5.78. The van der Waals surface area contributed by atoms with Crippen LogP contribution in [0.2, 0.25) is 0 Å². The van der Waals surface area contributed by atoms with Gasteiger partial charge in [0.05, 0.1) is 0 Å². The van der Waals surface area contributed by atoms with Gasteiger partial charge in [-0.25, -0.2) is 4.79 Å². The van der Waals surface area contributed by atoms with E-state index in [9.17, 15) is 9.59 Å². The van der Waals surface area contributed by atoms with Crippen LogP contribution in [0.15, 0.2) is 12.7 Å². The number of rotatable bonds is 4. The minimum Gasteiger partial charge on any atom is -0.445 e. The molecule has 0 spiro atoms. The largest absolute Gasteiger partial charge is 0.445 e. The SMILES string of the molecule is C=CCOC(=O)N1CCC(CN2CCCC2=O)CC1. The molecule has 106 valence electrons. The summed E-state index contributed by atoms with van der Waals surface area (Å²) in [5.74, 6) is 0.804. The van der Waals surface area contributed by atoms with Gasteiger partial charge in [0.25, 0.3) is 0 Å². The molecule has 0 radical (unpaired) electrons. The predicted molar refractivity (Wildman–Crippen MR) is 71.7 cm³/mol. The fourth-order valence-corrected chi connectivity index (χ4v) is 2.73. The van der Waals surface area contributed by atoms with E-state index >= 15 is 0 Å². The molecular weight excluding hydrogens is 244 g/mol. The summed E-state index contributed by atoms with van der Waals surface area (Å²) in [6.45, 7) is 6.99. The summed E-state index contributed by atoms with van der Waals surface area (Å²) < 4.78 is 5.02. The molecule has 2 saturated heterocycles. The van der Waals surface area contributed by atoms with Gasteiger partial charge >= 0.3 is 6.09 Å². The molecule has 2 amide bonds. The van der Waals surface area contributed by atoms with E-state index < -0.39 is 0 Å². The van der Waals surface area contributed by atoms with E-state index in [1.165, 1.54) is 0 Å². The van der Waals surface area contributed by atoms with Crippen molar-refractivity contribution >= 4 is 12.0 Å². The smallest absolute Gasteiger partial charge is 0.410 e. The molecule has 0 aliphatic carbocycles. The van der Waals surface area contributed by atoms with Gasteiger partial charge in [-0.05, 0) is 25.2 Å². The highest BCUT2D eigenvalue weighted by Crippen LogP contribution is 2.21. The van der Waals surface area contributed by atoms with Crippen LogP contribution in [0.5, 0.6) is 0 Å². The molecule has 5 heteroatoms. The first-order valence-electron chi connectivity index (χ1n) is 7.01. The lowest BCUT2D eigenvalue weighted by Crippen LogP contribution is -2.42. The Bertz CT molecular complexity index is 349. The number of hydrogen-bond donors (Lipinski definition) is 0. The number of ether oxygens (including phenoxy) is 1. The van der Waals surface area contributed by atoms with E-state index in [2.05, 4.69) is 6.58 Å². The van der Waals surface area contributed by atoms with Crippen LogP contribution < -0.4 is 0 Å². The lowest BCUT2D eigenvalue weighted by Gasteiger charge is -2.33. The first kappa shape index (κ1) is 13.9. The van der Waals surface area contributed by atoms with Gasteiger partial charge in [0, 0.05) is 32.6 Å². The average molecular weight is 266 g/mol. The molecule has 2 fully saturated rings. The zero-order valence-corrected chi connectivity index (χ0v) is 11.3. The van der Waals surface area contributed by atoms with E-state index in [4.69, 9.17) is 4.74 Å². The predicted octanol–water partition coefficient (Wildman–Crippen LogP) is 1.64. The fraction of sp³-hybridized carbons (Fsp3) is 0.714. The molecule has 0 aromatic rings. The number of likely N-dealkylation sites (tertiary alicyclic amines) is 2. The lowest BCUT2D eigenvalue weighted by molar-refractivity contribution is -0.128. The molecule has 5 nitrogen and oxygen atoms in total. The van der Waals surface area contributed by atoms with E-state index in [1.807, 2.05) is 4.90 Å². The third-order valence-corrected chi connectivity index (χ3v) is 3.85. The van der Waals surface area contributed by atoms with Crippen molar-refractivity contribution in [3.05, 3.63) is 12.7 Å². The van der Waals surface area contributed by atoms with E-state index in [-0.39, 0.29) is 18.6 Å². The van der Waals surface area contributed by atoms with Crippen LogP contribution in [0.1, 0.15) is 25.7 Å². The average Bonchev–Trinajstić information content (AvgIpc) is 2.82. The van der Waals surface area contributed by atoms with Crippen molar-refractivity contribution < 1.29 is 14.3 Å². The molecule has 0 aromatic carbocycles. The Kier molecular flexibility index (Phi) is 4.82. The molecule has 0 atom stereocenters. The summed E-state index contributed by atoms with van der Waals surface area (Å²) in [5, 5.41) is 0. The Morgan fingerprint density at radius 1 is 1.37 bits per heavy atom. The normalized spacial score (nSPS) is 20.7. The Labute approximate surface area is 114 Å². The van der Waals surface area contributed by atoms with Gasteiger partial charge in [0.15, 0.2) is 0 Å². The van der Waals surface area contributed by atoms with Crippen molar-refractivity contribution in [1.29, 1.82) is 0 Å². The quantitative estimate of drug-likeness (QED) is 0.727. The Morgan fingerprint density at radius 2 is 2.11 bits per heavy atom. The topological polar surface area (TPSA) is 49.9 Å². The number of carbonyl (C=O) groups is 2. The molecule has 19 heavy (non-hydrogen) atoms. The first-order chi connectivity index (χ1) is 9.20. The second-order valence-electron chi connectivity index (χ2n) is 5.24. The van der Waals surface area contributed by atoms with Gasteiger partial charge in [-0.2, -0.15) is 0 Å². The van der Waals surface area contributed by atoms with Crippen LogP contribution in [0.4, 0.5) is 4.79 Å². The summed E-state index contributed by atoms with van der Waals surface area (Å²) in [6, 6.07) is 0. The summed E-state index contributed by atoms with van der Waals surface area (Å²) >= 11 is 0. The molecular formula is C14H22N2O3. The van der Waals surface area contributed by atoms with Crippen molar-refractivity contribution in [2.24, 2.45) is 5.92 Å². The van der Waals surface area contributed by atoms with Crippen molar-refractivity contribution in [3.8, 4) is 0 Å². The molecule has 0 bridgehead atoms. The minimum absolute atomic E-state index is 0.254. The Morgan fingerprint density at radius 3 is 2.68 bits per heavy atom. The summed E-state index contributed by atoms with van der Waals surface area (Å²) in [6.07, 6.45) is 4.91. The number of hydrogen-bond acceptors (Lipinski definition) is 3. The standard InChI is InChI=1S/C14H22N2O3/c1-2-10-19-14(18)15-8-5-12(6-9-15)11-16-7-3-4-13(16)17/h2,12H,1,3-11H2. The third-order valence-electron chi connectivity index (χ3n) is 3.85. The molecule has 2 heterocycles. The highest BCUT2D eigenvalue weighted by atomic mass is 16.6. The maximum absolute atomic E-state index is 11.7. The van der Waals surface area contributed by atoms with Gasteiger partial charge in [-0.3, -0.25) is 4.79 Å². The minimum atomic E-state index is -0.254. The maximum Gasteiger partial charge on any atom is 0.410 e. The lowest BCUT2D eigenvalue weighted by atomic mass is 9.96. The summed E-state index contributed by atoms with van der Waals surface area (Å²) in [5.41, 5.74) is 0. The highest BCUT2D eigenvalue weighted by Gasteiger charge is 2.28. The number of nitrogens with zero attached hydrogens (tertiary/aromatic N) is 2. The van der Waals surface area contributed by atoms with Crippen LogP contribution >= 0.6 is 0 Å². The van der Waals surface area contributed by atoms with Gasteiger partial charge < -0.3 is 14.5 Å². The van der Waals surface area contributed by atoms with Crippen molar-refractivity contribution in [2.75, 3.05) is 32.8 Å². The molecule has 0 aromatic heterocycles. The second-order valence-corrected chi connectivity index (χ2v) is 5.24. The monoisotopic (exact) mass is 266 g/mol. The van der Waals surface area contributed by atoms with E-state index in [0.717, 1.165) is 45.4 Å². The van der Waals surface area contributed by atoms with Crippen molar-refractivity contribution in [3.63, 3.8) is 0 Å². The van der Waals surface area contributed by atoms with Crippen LogP contribution in [-0.2, 0) is 9.53 Å². The molecule has 0 saturated carbocycles. The van der Waals surface area contributed by atoms with E-state index in [0.29, 0.717) is 12.3 Å². The molecule has 0 unspecified atom stereocenters. The fourth-order valence-electron chi connectivity index (χ4n) is 2.73. The Hall–Kier alpha value is -1.52. The second kappa shape index (κ2) is 6.59.